The maximum atomic E-state index is 12.9. The van der Waals surface area contributed by atoms with Crippen LogP contribution in [0.5, 0.6) is 0 Å². The zero-order chi connectivity index (χ0) is 24.3. The molecule has 34 heavy (non-hydrogen) atoms. The zero-order valence-corrected chi connectivity index (χ0v) is 19.7. The topological polar surface area (TPSA) is 126 Å². The minimum absolute atomic E-state index is 0.0287. The van der Waals surface area contributed by atoms with Gasteiger partial charge in [0.05, 0.1) is 0 Å². The normalized spacial score (nSPS) is 15.1. The van der Waals surface area contributed by atoms with Crippen LogP contribution in [0.15, 0.2) is 60.0 Å². The van der Waals surface area contributed by atoms with E-state index in [0.29, 0.717) is 35.6 Å². The Balaban J connectivity index is 1.34. The Morgan fingerprint density at radius 3 is 2.29 bits per heavy atom. The van der Waals surface area contributed by atoms with Gasteiger partial charge in [-0.3, -0.25) is 14.6 Å². The highest BCUT2D eigenvalue weighted by Crippen LogP contribution is 2.25. The Morgan fingerprint density at radius 2 is 1.68 bits per heavy atom. The highest BCUT2D eigenvalue weighted by Gasteiger charge is 2.33. The number of piperidine rings is 1. The second-order valence-corrected chi connectivity index (χ2v) is 10.1. The maximum absolute atomic E-state index is 12.9. The van der Waals surface area contributed by atoms with E-state index in [9.17, 15) is 18.0 Å². The van der Waals surface area contributed by atoms with E-state index in [1.165, 1.54) is 10.5 Å². The van der Waals surface area contributed by atoms with E-state index in [1.807, 2.05) is 0 Å². The minimum Gasteiger partial charge on any atom is -0.337 e. The molecule has 2 N–H and O–H groups in total. The minimum atomic E-state index is -3.69. The number of hydrogen-bond donors (Lipinski definition) is 2. The molecule has 1 aromatic carbocycles. The summed E-state index contributed by atoms with van der Waals surface area (Å²) in [5.74, 6) is -0.148. The summed E-state index contributed by atoms with van der Waals surface area (Å²) in [4.78, 5) is 33.2. The van der Waals surface area contributed by atoms with E-state index in [2.05, 4.69) is 20.6 Å². The summed E-state index contributed by atoms with van der Waals surface area (Å²) in [7, 11) is -1.94. The van der Waals surface area contributed by atoms with Crippen LogP contribution in [0.3, 0.4) is 0 Å². The summed E-state index contributed by atoms with van der Waals surface area (Å²) in [5.41, 5.74) is 1.58. The largest absolute Gasteiger partial charge is 0.337 e. The van der Waals surface area contributed by atoms with Crippen LogP contribution in [0.25, 0.3) is 0 Å². The van der Waals surface area contributed by atoms with Gasteiger partial charge < -0.3 is 15.2 Å². The molecule has 0 radical (unpaired) electrons. The average molecular weight is 483 g/mol. The smallest absolute Gasteiger partial charge is 0.262 e. The molecule has 0 aliphatic carbocycles. The fourth-order valence-corrected chi connectivity index (χ4v) is 5.26. The fourth-order valence-electron chi connectivity index (χ4n) is 3.77. The van der Waals surface area contributed by atoms with Crippen molar-refractivity contribution in [3.05, 3.63) is 66.4 Å². The molecule has 0 spiro atoms. The van der Waals surface area contributed by atoms with Crippen LogP contribution in [-0.4, -0.2) is 52.2 Å². The quantitative estimate of drug-likeness (QED) is 0.556. The molecule has 0 unspecified atom stereocenters. The van der Waals surface area contributed by atoms with Crippen LogP contribution < -0.4 is 10.6 Å². The summed E-state index contributed by atoms with van der Waals surface area (Å²) >= 11 is 0. The lowest BCUT2D eigenvalue weighted by Crippen LogP contribution is -2.41. The second kappa shape index (κ2) is 9.74. The third kappa shape index (κ3) is 5.15. The lowest BCUT2D eigenvalue weighted by atomic mass is 9.97. The van der Waals surface area contributed by atoms with E-state index >= 15 is 0 Å². The Kier molecular flexibility index (Phi) is 6.75. The predicted molar refractivity (Wildman–Crippen MR) is 127 cm³/mol. The number of amides is 2. The molecule has 2 amide bonds. The van der Waals surface area contributed by atoms with Crippen molar-refractivity contribution in [3.63, 3.8) is 0 Å². The van der Waals surface area contributed by atoms with Gasteiger partial charge in [0.1, 0.15) is 5.82 Å². The van der Waals surface area contributed by atoms with Gasteiger partial charge in [0.15, 0.2) is 5.03 Å². The first-order chi connectivity index (χ1) is 16.2. The molecule has 0 saturated carbocycles. The SMILES string of the molecule is Cc1nc(S(=O)(=O)N2CCC(C(=O)Nc3cccc(NC(=O)c4ccncc4)c3)CC2)cn1C. The molecular weight excluding hydrogens is 456 g/mol. The van der Waals surface area contributed by atoms with E-state index in [-0.39, 0.29) is 35.8 Å². The van der Waals surface area contributed by atoms with Gasteiger partial charge in [-0.05, 0) is 50.1 Å². The molecule has 1 aliphatic rings. The summed E-state index contributed by atoms with van der Waals surface area (Å²) in [5, 5.41) is 5.70. The monoisotopic (exact) mass is 482 g/mol. The molecule has 1 saturated heterocycles. The van der Waals surface area contributed by atoms with Crippen LogP contribution in [-0.2, 0) is 21.9 Å². The van der Waals surface area contributed by atoms with Gasteiger partial charge >= 0.3 is 0 Å². The molecule has 1 aliphatic heterocycles. The third-order valence-corrected chi connectivity index (χ3v) is 7.62. The average Bonchev–Trinajstić information content (AvgIpc) is 3.19. The first kappa shape index (κ1) is 23.6. The molecule has 0 bridgehead atoms. The summed E-state index contributed by atoms with van der Waals surface area (Å²) in [6.07, 6.45) is 5.41. The van der Waals surface area contributed by atoms with Crippen molar-refractivity contribution in [2.24, 2.45) is 13.0 Å². The molecule has 0 atom stereocenters. The number of rotatable bonds is 6. The van der Waals surface area contributed by atoms with Crippen molar-refractivity contribution in [3.8, 4) is 0 Å². The number of sulfonamides is 1. The fraction of sp³-hybridized carbons (Fsp3) is 0.304. The van der Waals surface area contributed by atoms with Gasteiger partial charge in [-0.15, -0.1) is 0 Å². The predicted octanol–water partition coefficient (Wildman–Crippen LogP) is 2.42. The van der Waals surface area contributed by atoms with E-state index in [0.717, 1.165) is 0 Å². The summed E-state index contributed by atoms with van der Waals surface area (Å²) in [6, 6.07) is 10.1. The number of aromatic nitrogens is 3. The van der Waals surface area contributed by atoms with E-state index in [1.54, 1.807) is 67.3 Å². The van der Waals surface area contributed by atoms with Crippen molar-refractivity contribution in [1.29, 1.82) is 0 Å². The number of carbonyl (C=O) groups is 2. The van der Waals surface area contributed by atoms with Crippen LogP contribution in [0, 0.1) is 12.8 Å². The van der Waals surface area contributed by atoms with Crippen molar-refractivity contribution >= 4 is 33.2 Å². The van der Waals surface area contributed by atoms with Crippen LogP contribution in [0.1, 0.15) is 29.0 Å². The number of benzene rings is 1. The van der Waals surface area contributed by atoms with Gasteiger partial charge in [-0.2, -0.15) is 4.31 Å². The molecule has 2 aromatic heterocycles. The van der Waals surface area contributed by atoms with Crippen molar-refractivity contribution in [1.82, 2.24) is 18.8 Å². The Labute approximate surface area is 198 Å². The van der Waals surface area contributed by atoms with Crippen molar-refractivity contribution in [2.45, 2.75) is 24.8 Å². The van der Waals surface area contributed by atoms with Crippen LogP contribution in [0.4, 0.5) is 11.4 Å². The van der Waals surface area contributed by atoms with Gasteiger partial charge in [-0.1, -0.05) is 6.07 Å². The molecule has 11 heteroatoms. The number of pyridine rings is 1. The summed E-state index contributed by atoms with van der Waals surface area (Å²) in [6.45, 7) is 2.24. The Morgan fingerprint density at radius 1 is 1.03 bits per heavy atom. The number of nitrogens with zero attached hydrogens (tertiary/aromatic N) is 4. The van der Waals surface area contributed by atoms with E-state index < -0.39 is 10.0 Å². The number of imidazole rings is 1. The lowest BCUT2D eigenvalue weighted by molar-refractivity contribution is -0.120. The molecule has 1 fully saturated rings. The van der Waals surface area contributed by atoms with Crippen LogP contribution >= 0.6 is 0 Å². The number of hydrogen-bond acceptors (Lipinski definition) is 6. The highest BCUT2D eigenvalue weighted by atomic mass is 32.2. The lowest BCUT2D eigenvalue weighted by Gasteiger charge is -2.30. The summed E-state index contributed by atoms with van der Waals surface area (Å²) < 4.78 is 28.8. The number of nitrogens with one attached hydrogen (secondary N) is 2. The molecule has 3 heterocycles. The highest BCUT2D eigenvalue weighted by molar-refractivity contribution is 7.89. The first-order valence-corrected chi connectivity index (χ1v) is 12.3. The van der Waals surface area contributed by atoms with Gasteiger partial charge in [0.25, 0.3) is 15.9 Å². The maximum Gasteiger partial charge on any atom is 0.262 e. The van der Waals surface area contributed by atoms with Gasteiger partial charge in [0.2, 0.25) is 5.91 Å². The van der Waals surface area contributed by atoms with Gasteiger partial charge in [0, 0.05) is 61.6 Å². The van der Waals surface area contributed by atoms with Crippen molar-refractivity contribution in [2.75, 3.05) is 23.7 Å². The van der Waals surface area contributed by atoms with E-state index in [4.69, 9.17) is 0 Å². The van der Waals surface area contributed by atoms with Crippen molar-refractivity contribution < 1.29 is 18.0 Å². The molecule has 3 aromatic rings. The standard InChI is InChI=1S/C23H26N6O4S/c1-16-25-21(15-28(16)2)34(32,33)29-12-8-18(9-13-29)23(31)27-20-5-3-4-19(14-20)26-22(30)17-6-10-24-11-7-17/h3-7,10-11,14-15,18H,8-9,12-13H2,1-2H3,(H,26,30)(H,27,31). The second-order valence-electron chi connectivity index (χ2n) is 8.18. The first-order valence-electron chi connectivity index (χ1n) is 10.9. The number of aryl methyl sites for hydroxylation is 2. The Bertz CT molecular complexity index is 1280. The molecular formula is C23H26N6O4S. The number of carbonyl (C=O) groups excluding carboxylic acids is 2. The van der Waals surface area contributed by atoms with Gasteiger partial charge in [-0.25, -0.2) is 13.4 Å². The molecule has 4 rings (SSSR count). The Hall–Kier alpha value is -3.57. The number of anilines is 2. The third-order valence-electron chi connectivity index (χ3n) is 5.85. The van der Waals surface area contributed by atoms with Crippen LogP contribution in [0.2, 0.25) is 0 Å². The molecule has 178 valence electrons. The molecule has 10 nitrogen and oxygen atoms in total. The zero-order valence-electron chi connectivity index (χ0n) is 18.9.